The highest BCUT2D eigenvalue weighted by Gasteiger charge is 2.25. The van der Waals surface area contributed by atoms with Crippen LogP contribution in [0.15, 0.2) is 42.6 Å². The normalized spacial score (nSPS) is 21.1. The van der Waals surface area contributed by atoms with E-state index in [1.165, 1.54) is 58.0 Å². The number of hydrogen-bond acceptors (Lipinski definition) is 4. The second-order valence-electron chi connectivity index (χ2n) is 11.0. The molecule has 0 unspecified atom stereocenters. The lowest BCUT2D eigenvalue weighted by Crippen LogP contribution is -2.32. The van der Waals surface area contributed by atoms with Gasteiger partial charge in [-0.3, -0.25) is 14.7 Å². The third-order valence-corrected chi connectivity index (χ3v) is 9.11. The van der Waals surface area contributed by atoms with Crippen molar-refractivity contribution < 1.29 is 4.79 Å². The monoisotopic (exact) mass is 474 g/mol. The number of pyridine rings is 1. The van der Waals surface area contributed by atoms with Gasteiger partial charge in [0.1, 0.15) is 0 Å². The van der Waals surface area contributed by atoms with Crippen molar-refractivity contribution in [1.29, 1.82) is 0 Å². The second kappa shape index (κ2) is 10.7. The first-order valence-electron chi connectivity index (χ1n) is 13.2. The molecule has 0 bridgehead atoms. The fraction of sp³-hybridized carbons (Fsp3) is 0.533. The van der Waals surface area contributed by atoms with Gasteiger partial charge in [-0.2, -0.15) is 0 Å². The lowest BCUT2D eigenvalue weighted by atomic mass is 9.78. The summed E-state index contributed by atoms with van der Waals surface area (Å²) >= 11 is 2.06. The number of thiophene rings is 1. The van der Waals surface area contributed by atoms with Crippen molar-refractivity contribution in [2.75, 3.05) is 13.1 Å². The van der Waals surface area contributed by atoms with Crippen molar-refractivity contribution in [3.63, 3.8) is 0 Å². The highest BCUT2D eigenvalue weighted by Crippen LogP contribution is 2.35. The zero-order valence-corrected chi connectivity index (χ0v) is 21.6. The molecule has 1 aliphatic heterocycles. The molecule has 34 heavy (non-hydrogen) atoms. The Bertz CT molecular complexity index is 1120. The summed E-state index contributed by atoms with van der Waals surface area (Å²) in [5.41, 5.74) is 3.36. The van der Waals surface area contributed by atoms with Crippen molar-refractivity contribution in [1.82, 2.24) is 9.88 Å². The van der Waals surface area contributed by atoms with Crippen LogP contribution in [0.3, 0.4) is 0 Å². The van der Waals surface area contributed by atoms with E-state index in [9.17, 15) is 4.79 Å². The number of carbonyl (C=O) groups is 1. The average Bonchev–Trinajstić information content (AvgIpc) is 3.24. The van der Waals surface area contributed by atoms with E-state index in [-0.39, 0.29) is 0 Å². The first kappa shape index (κ1) is 23.7. The van der Waals surface area contributed by atoms with Crippen LogP contribution in [0, 0.1) is 17.8 Å². The van der Waals surface area contributed by atoms with Crippen molar-refractivity contribution in [2.45, 2.75) is 71.8 Å². The Morgan fingerprint density at radius 1 is 1.12 bits per heavy atom. The van der Waals surface area contributed by atoms with Crippen molar-refractivity contribution >= 4 is 28.0 Å². The second-order valence-corrected chi connectivity index (χ2v) is 12.2. The van der Waals surface area contributed by atoms with E-state index in [4.69, 9.17) is 0 Å². The Morgan fingerprint density at radius 3 is 2.76 bits per heavy atom. The van der Waals surface area contributed by atoms with E-state index in [0.717, 1.165) is 34.8 Å². The number of fused-ring (bicyclic) bond motifs is 2. The first-order chi connectivity index (χ1) is 16.5. The molecule has 3 aromatic rings. The molecule has 3 heterocycles. The van der Waals surface area contributed by atoms with E-state index in [0.29, 0.717) is 18.1 Å². The minimum absolute atomic E-state index is 0.291. The van der Waals surface area contributed by atoms with Crippen LogP contribution in [0.2, 0.25) is 0 Å². The zero-order valence-electron chi connectivity index (χ0n) is 20.8. The fourth-order valence-corrected chi connectivity index (χ4v) is 7.34. The molecule has 5 rings (SSSR count). The van der Waals surface area contributed by atoms with Crippen molar-refractivity contribution in [3.8, 4) is 0 Å². The standard InChI is InChI=1S/C30H38N2OS/c1-21(2)17-25-19-24-20-32(16-13-30(24)34-25)15-12-22-8-10-23(11-9-22)18-29(33)27-5-3-7-28-26(27)6-4-14-31-28/h3-7,14,19,21-23H,8-13,15-18,20H2,1-2H3. The van der Waals surface area contributed by atoms with Crippen LogP contribution in [-0.2, 0) is 19.4 Å². The number of carbonyl (C=O) groups excluding carboxylic acids is 1. The number of Topliss-reactive ketones (excluding diaryl/α,β-unsaturated/α-hetero) is 1. The summed E-state index contributed by atoms with van der Waals surface area (Å²) in [7, 11) is 0. The number of benzene rings is 1. The maximum atomic E-state index is 13.1. The molecule has 0 amide bonds. The molecule has 0 spiro atoms. The average molecular weight is 475 g/mol. The van der Waals surface area contributed by atoms with E-state index < -0.39 is 0 Å². The van der Waals surface area contributed by atoms with Gasteiger partial charge in [-0.25, -0.2) is 0 Å². The van der Waals surface area contributed by atoms with Gasteiger partial charge in [0.15, 0.2) is 5.78 Å². The van der Waals surface area contributed by atoms with Crippen molar-refractivity contribution in [2.24, 2.45) is 17.8 Å². The largest absolute Gasteiger partial charge is 0.299 e. The Labute approximate surface area is 208 Å². The predicted molar refractivity (Wildman–Crippen MR) is 143 cm³/mol. The molecule has 2 aliphatic rings. The van der Waals surface area contributed by atoms with Crippen LogP contribution in [0.4, 0.5) is 0 Å². The minimum atomic E-state index is 0.291. The van der Waals surface area contributed by atoms with Crippen LogP contribution < -0.4 is 0 Å². The van der Waals surface area contributed by atoms with Gasteiger partial charge in [-0.1, -0.05) is 44.9 Å². The third kappa shape index (κ3) is 5.60. The number of nitrogens with zero attached hydrogens (tertiary/aromatic N) is 2. The summed E-state index contributed by atoms with van der Waals surface area (Å²) in [6.45, 7) is 8.23. The molecule has 180 valence electrons. The molecule has 0 N–H and O–H groups in total. The first-order valence-corrected chi connectivity index (χ1v) is 14.1. The highest BCUT2D eigenvalue weighted by molar-refractivity contribution is 7.12. The highest BCUT2D eigenvalue weighted by atomic mass is 32.1. The summed E-state index contributed by atoms with van der Waals surface area (Å²) < 4.78 is 0. The zero-order chi connectivity index (χ0) is 23.5. The van der Waals surface area contributed by atoms with Gasteiger partial charge < -0.3 is 0 Å². The lowest BCUT2D eigenvalue weighted by molar-refractivity contribution is 0.0941. The molecule has 1 aromatic carbocycles. The third-order valence-electron chi connectivity index (χ3n) is 7.85. The molecule has 1 saturated carbocycles. The van der Waals surface area contributed by atoms with E-state index in [2.05, 4.69) is 41.1 Å². The van der Waals surface area contributed by atoms with Gasteiger partial charge >= 0.3 is 0 Å². The van der Waals surface area contributed by atoms with Crippen LogP contribution >= 0.6 is 11.3 Å². The van der Waals surface area contributed by atoms with Gasteiger partial charge in [-0.15, -0.1) is 11.3 Å². The van der Waals surface area contributed by atoms with E-state index in [1.54, 1.807) is 21.5 Å². The fourth-order valence-electron chi connectivity index (χ4n) is 5.95. The summed E-state index contributed by atoms with van der Waals surface area (Å²) in [5.74, 6) is 2.40. The molecular formula is C30H38N2OS. The Balaban J connectivity index is 1.08. The summed E-state index contributed by atoms with van der Waals surface area (Å²) in [4.78, 5) is 23.4. The molecule has 2 aromatic heterocycles. The summed E-state index contributed by atoms with van der Waals surface area (Å²) in [6, 6.07) is 12.4. The van der Waals surface area contributed by atoms with Gasteiger partial charge in [0, 0.05) is 46.4 Å². The number of rotatable bonds is 8. The number of aromatic nitrogens is 1. The lowest BCUT2D eigenvalue weighted by Gasteiger charge is -2.32. The molecule has 3 nitrogen and oxygen atoms in total. The molecule has 0 radical (unpaired) electrons. The summed E-state index contributed by atoms with van der Waals surface area (Å²) in [6.07, 6.45) is 11.2. The quantitative estimate of drug-likeness (QED) is 0.321. The van der Waals surface area contributed by atoms with Crippen LogP contribution in [-0.4, -0.2) is 28.8 Å². The van der Waals surface area contributed by atoms with Crippen LogP contribution in [0.25, 0.3) is 10.9 Å². The van der Waals surface area contributed by atoms with E-state index >= 15 is 0 Å². The molecular weight excluding hydrogens is 436 g/mol. The van der Waals surface area contributed by atoms with E-state index in [1.807, 2.05) is 30.3 Å². The topological polar surface area (TPSA) is 33.2 Å². The number of ketones is 1. The SMILES string of the molecule is CC(C)Cc1cc2c(s1)CCN(CCC1CCC(CC(=O)c3cccc4ncccc34)CC1)C2. The number of hydrogen-bond donors (Lipinski definition) is 0. The van der Waals surface area contributed by atoms with Gasteiger partial charge in [0.2, 0.25) is 0 Å². The smallest absolute Gasteiger partial charge is 0.163 e. The van der Waals surface area contributed by atoms with Crippen LogP contribution in [0.1, 0.15) is 78.0 Å². The summed E-state index contributed by atoms with van der Waals surface area (Å²) in [5, 5.41) is 0.996. The molecule has 1 fully saturated rings. The van der Waals surface area contributed by atoms with Crippen LogP contribution in [0.5, 0.6) is 0 Å². The molecule has 1 aliphatic carbocycles. The maximum Gasteiger partial charge on any atom is 0.163 e. The molecule has 4 heteroatoms. The van der Waals surface area contributed by atoms with Gasteiger partial charge in [-0.05, 0) is 80.2 Å². The Hall–Kier alpha value is -2.04. The Morgan fingerprint density at radius 2 is 1.94 bits per heavy atom. The van der Waals surface area contributed by atoms with Gasteiger partial charge in [0.25, 0.3) is 0 Å². The van der Waals surface area contributed by atoms with Gasteiger partial charge in [0.05, 0.1) is 5.52 Å². The Kier molecular flexibility index (Phi) is 7.46. The maximum absolute atomic E-state index is 13.1. The minimum Gasteiger partial charge on any atom is -0.299 e. The van der Waals surface area contributed by atoms with Crippen molar-refractivity contribution in [3.05, 3.63) is 63.5 Å². The molecule has 0 atom stereocenters. The molecule has 0 saturated heterocycles. The predicted octanol–water partition coefficient (Wildman–Crippen LogP) is 7.32.